The largest absolute Gasteiger partial charge is 0.348 e. The van der Waals surface area contributed by atoms with Gasteiger partial charge in [-0.1, -0.05) is 49.4 Å². The molecule has 0 aliphatic heterocycles. The van der Waals surface area contributed by atoms with Crippen LogP contribution in [0.25, 0.3) is 0 Å². The molecule has 9 heteroatoms. The summed E-state index contributed by atoms with van der Waals surface area (Å²) in [5.41, 5.74) is 2.14. The standard InChI is InChI=1S/C25H28N2O5S2/c1-4-20-10-14-22(15-11-20)27(34(31,32)24-8-6-5-7-9-24)18-25(28)26-19(2)21-12-16-23(17-13-21)33(3,29)30/h5-17,19H,4,18H2,1-3H3,(H,26,28)/t19-/m1/s1. The second kappa shape index (κ2) is 10.4. The van der Waals surface area contributed by atoms with E-state index in [-0.39, 0.29) is 9.79 Å². The van der Waals surface area contributed by atoms with Crippen LogP contribution < -0.4 is 9.62 Å². The average Bonchev–Trinajstić information content (AvgIpc) is 2.82. The Morgan fingerprint density at radius 2 is 1.44 bits per heavy atom. The summed E-state index contributed by atoms with van der Waals surface area (Å²) >= 11 is 0. The number of anilines is 1. The van der Waals surface area contributed by atoms with Crippen LogP contribution in [-0.2, 0) is 31.1 Å². The van der Waals surface area contributed by atoms with Crippen molar-refractivity contribution in [3.05, 3.63) is 90.0 Å². The van der Waals surface area contributed by atoms with Crippen molar-refractivity contribution < 1.29 is 21.6 Å². The smallest absolute Gasteiger partial charge is 0.264 e. The molecule has 3 aromatic rings. The predicted octanol–water partition coefficient (Wildman–Crippen LogP) is 3.73. The Balaban J connectivity index is 1.84. The van der Waals surface area contributed by atoms with Crippen LogP contribution >= 0.6 is 0 Å². The highest BCUT2D eigenvalue weighted by molar-refractivity contribution is 7.93. The van der Waals surface area contributed by atoms with Crippen molar-refractivity contribution in [1.29, 1.82) is 0 Å². The van der Waals surface area contributed by atoms with Crippen molar-refractivity contribution in [2.24, 2.45) is 0 Å². The fraction of sp³-hybridized carbons (Fsp3) is 0.240. The molecular formula is C25H28N2O5S2. The van der Waals surface area contributed by atoms with Gasteiger partial charge in [-0.25, -0.2) is 16.8 Å². The van der Waals surface area contributed by atoms with Crippen molar-refractivity contribution in [3.63, 3.8) is 0 Å². The number of carbonyl (C=O) groups excluding carboxylic acids is 1. The van der Waals surface area contributed by atoms with Crippen molar-refractivity contribution in [1.82, 2.24) is 5.32 Å². The predicted molar refractivity (Wildman–Crippen MR) is 133 cm³/mol. The van der Waals surface area contributed by atoms with Crippen molar-refractivity contribution in [3.8, 4) is 0 Å². The molecule has 34 heavy (non-hydrogen) atoms. The molecule has 0 saturated carbocycles. The quantitative estimate of drug-likeness (QED) is 0.483. The number of hydrogen-bond acceptors (Lipinski definition) is 5. The first-order valence-electron chi connectivity index (χ1n) is 10.8. The minimum absolute atomic E-state index is 0.0896. The molecule has 0 unspecified atom stereocenters. The summed E-state index contributed by atoms with van der Waals surface area (Å²) in [5.74, 6) is -0.487. The van der Waals surface area contributed by atoms with Crippen LogP contribution in [0.5, 0.6) is 0 Å². The number of nitrogens with zero attached hydrogens (tertiary/aromatic N) is 1. The summed E-state index contributed by atoms with van der Waals surface area (Å²) in [6, 6.07) is 20.8. The molecule has 0 heterocycles. The van der Waals surface area contributed by atoms with Crippen molar-refractivity contribution in [2.75, 3.05) is 17.1 Å². The molecule has 0 aliphatic rings. The molecule has 1 amide bonds. The Morgan fingerprint density at radius 1 is 0.853 bits per heavy atom. The Kier molecular flexibility index (Phi) is 7.78. The molecule has 0 aliphatic carbocycles. The average molecular weight is 501 g/mol. The Morgan fingerprint density at radius 3 is 1.97 bits per heavy atom. The fourth-order valence-corrected chi connectivity index (χ4v) is 5.51. The van der Waals surface area contributed by atoms with Gasteiger partial charge in [0.1, 0.15) is 6.54 Å². The molecule has 0 saturated heterocycles. The second-order valence-corrected chi connectivity index (χ2v) is 11.9. The van der Waals surface area contributed by atoms with Gasteiger partial charge in [0.2, 0.25) is 5.91 Å². The third-order valence-corrected chi connectivity index (χ3v) is 8.35. The lowest BCUT2D eigenvalue weighted by atomic mass is 10.1. The van der Waals surface area contributed by atoms with Crippen LogP contribution in [0.4, 0.5) is 5.69 Å². The van der Waals surface area contributed by atoms with Crippen LogP contribution in [0.3, 0.4) is 0 Å². The van der Waals surface area contributed by atoms with Gasteiger partial charge in [-0.15, -0.1) is 0 Å². The van der Waals surface area contributed by atoms with E-state index in [0.29, 0.717) is 11.3 Å². The van der Waals surface area contributed by atoms with Gasteiger partial charge in [-0.05, 0) is 60.9 Å². The number of aryl methyl sites for hydroxylation is 1. The number of rotatable bonds is 9. The van der Waals surface area contributed by atoms with E-state index in [9.17, 15) is 21.6 Å². The molecule has 1 N–H and O–H groups in total. The molecule has 3 rings (SSSR count). The molecule has 1 atom stereocenters. The molecule has 0 radical (unpaired) electrons. The number of sulfonamides is 1. The molecular weight excluding hydrogens is 472 g/mol. The summed E-state index contributed by atoms with van der Waals surface area (Å²) in [6.07, 6.45) is 1.93. The van der Waals surface area contributed by atoms with E-state index in [4.69, 9.17) is 0 Å². The molecule has 0 aromatic heterocycles. The van der Waals surface area contributed by atoms with E-state index in [1.165, 1.54) is 24.3 Å². The van der Waals surface area contributed by atoms with Gasteiger partial charge in [0.05, 0.1) is 21.5 Å². The number of hydrogen-bond donors (Lipinski definition) is 1. The highest BCUT2D eigenvalue weighted by atomic mass is 32.2. The lowest BCUT2D eigenvalue weighted by Crippen LogP contribution is -2.41. The fourth-order valence-electron chi connectivity index (χ4n) is 3.44. The number of nitrogens with one attached hydrogen (secondary N) is 1. The number of benzene rings is 3. The normalized spacial score (nSPS) is 12.7. The summed E-state index contributed by atoms with van der Waals surface area (Å²) < 4.78 is 51.2. The minimum atomic E-state index is -3.99. The lowest BCUT2D eigenvalue weighted by Gasteiger charge is -2.25. The van der Waals surface area contributed by atoms with Gasteiger partial charge >= 0.3 is 0 Å². The van der Waals surface area contributed by atoms with Gasteiger partial charge in [0.25, 0.3) is 10.0 Å². The van der Waals surface area contributed by atoms with Gasteiger partial charge in [-0.3, -0.25) is 9.10 Å². The Hall–Kier alpha value is -3.17. The maximum absolute atomic E-state index is 13.4. The Bertz CT molecular complexity index is 1340. The van der Waals surface area contributed by atoms with Crippen LogP contribution in [0.15, 0.2) is 88.7 Å². The zero-order valence-corrected chi connectivity index (χ0v) is 20.9. The first kappa shape index (κ1) is 25.5. The van der Waals surface area contributed by atoms with Gasteiger partial charge in [0, 0.05) is 6.26 Å². The number of carbonyl (C=O) groups is 1. The zero-order valence-electron chi connectivity index (χ0n) is 19.3. The van der Waals surface area contributed by atoms with E-state index in [1.54, 1.807) is 49.4 Å². The maximum atomic E-state index is 13.4. The van der Waals surface area contributed by atoms with Crippen LogP contribution in [0.1, 0.15) is 31.0 Å². The van der Waals surface area contributed by atoms with E-state index < -0.39 is 38.4 Å². The lowest BCUT2D eigenvalue weighted by molar-refractivity contribution is -0.120. The SMILES string of the molecule is CCc1ccc(N(CC(=O)N[C@H](C)c2ccc(S(C)(=O)=O)cc2)S(=O)(=O)c2ccccc2)cc1. The van der Waals surface area contributed by atoms with Crippen LogP contribution in [0, 0.1) is 0 Å². The van der Waals surface area contributed by atoms with Crippen LogP contribution in [0.2, 0.25) is 0 Å². The van der Waals surface area contributed by atoms with Crippen molar-refractivity contribution >= 4 is 31.5 Å². The summed E-state index contributed by atoms with van der Waals surface area (Å²) in [7, 11) is -7.31. The van der Waals surface area contributed by atoms with Gasteiger partial charge < -0.3 is 5.32 Å². The third-order valence-electron chi connectivity index (χ3n) is 5.44. The number of sulfone groups is 1. The van der Waals surface area contributed by atoms with Crippen molar-refractivity contribution in [2.45, 2.75) is 36.1 Å². The molecule has 0 fully saturated rings. The molecule has 0 bridgehead atoms. The first-order chi connectivity index (χ1) is 16.0. The summed E-state index contributed by atoms with van der Waals surface area (Å²) in [6.45, 7) is 3.35. The monoisotopic (exact) mass is 500 g/mol. The second-order valence-electron chi connectivity index (χ2n) is 7.98. The van der Waals surface area contributed by atoms with Gasteiger partial charge in [-0.2, -0.15) is 0 Å². The minimum Gasteiger partial charge on any atom is -0.348 e. The molecule has 180 valence electrons. The highest BCUT2D eigenvalue weighted by Crippen LogP contribution is 2.24. The molecule has 3 aromatic carbocycles. The first-order valence-corrected chi connectivity index (χ1v) is 14.1. The Labute approximate surface area is 201 Å². The number of amides is 1. The maximum Gasteiger partial charge on any atom is 0.264 e. The molecule has 0 spiro atoms. The highest BCUT2D eigenvalue weighted by Gasteiger charge is 2.27. The van der Waals surface area contributed by atoms with Gasteiger partial charge in [0.15, 0.2) is 9.84 Å². The van der Waals surface area contributed by atoms with E-state index >= 15 is 0 Å². The van der Waals surface area contributed by atoms with Crippen LogP contribution in [-0.4, -0.2) is 35.5 Å². The third kappa shape index (κ3) is 6.03. The zero-order chi connectivity index (χ0) is 24.9. The van der Waals surface area contributed by atoms with E-state index in [1.807, 2.05) is 19.1 Å². The van der Waals surface area contributed by atoms with E-state index in [2.05, 4.69) is 5.32 Å². The summed E-state index contributed by atoms with van der Waals surface area (Å²) in [5, 5.41) is 2.81. The van der Waals surface area contributed by atoms with E-state index in [0.717, 1.165) is 22.5 Å². The topological polar surface area (TPSA) is 101 Å². The molecule has 7 nitrogen and oxygen atoms in total. The summed E-state index contributed by atoms with van der Waals surface area (Å²) in [4.78, 5) is 13.2.